The molecule has 0 aliphatic rings. The highest BCUT2D eigenvalue weighted by Crippen LogP contribution is 2.10. The second-order valence-corrected chi connectivity index (χ2v) is 7.91. The maximum absolute atomic E-state index is 8.74. The monoisotopic (exact) mass is 413 g/mol. The molecule has 0 fully saturated rings. The highest BCUT2D eigenvalue weighted by atomic mass is 32.3. The summed E-state index contributed by atoms with van der Waals surface area (Å²) in [4.78, 5) is 0. The van der Waals surface area contributed by atoms with Crippen molar-refractivity contribution in [3.05, 3.63) is 0 Å². The molecule has 0 radical (unpaired) electrons. The van der Waals surface area contributed by atoms with E-state index in [1.807, 2.05) is 0 Å². The van der Waals surface area contributed by atoms with E-state index in [1.165, 1.54) is 103 Å². The second-order valence-electron chi connectivity index (χ2n) is 7.01. The largest absolute Gasteiger partial charge is 0.394 e. The van der Waals surface area contributed by atoms with Gasteiger partial charge in [-0.25, -0.2) is 0 Å². The van der Waals surface area contributed by atoms with Crippen molar-refractivity contribution in [1.82, 2.24) is 6.15 Å². The Morgan fingerprint density at radius 2 is 0.778 bits per heavy atom. The lowest BCUT2D eigenvalue weighted by molar-refractivity contribution is 0.125. The molecule has 0 heterocycles. The van der Waals surface area contributed by atoms with Crippen LogP contribution in [0.1, 0.15) is 117 Å². The first-order valence-electron chi connectivity index (χ1n) is 10.7. The van der Waals surface area contributed by atoms with Crippen LogP contribution in [0.15, 0.2) is 0 Å². The Hall–Kier alpha value is -0.210. The van der Waals surface area contributed by atoms with Crippen LogP contribution in [0.2, 0.25) is 0 Å². The lowest BCUT2D eigenvalue weighted by Gasteiger charge is -2.05. The van der Waals surface area contributed by atoms with Gasteiger partial charge in [0.25, 0.3) is 0 Å². The minimum Gasteiger partial charge on any atom is -0.381 e. The van der Waals surface area contributed by atoms with E-state index < -0.39 is 10.4 Å². The molecule has 0 aliphatic carbocycles. The summed E-state index contributed by atoms with van der Waals surface area (Å²) in [6.07, 6.45) is 22.2. The van der Waals surface area contributed by atoms with Crippen LogP contribution < -0.4 is 6.15 Å². The smallest absolute Gasteiger partial charge is 0.381 e. The summed E-state index contributed by atoms with van der Waals surface area (Å²) in [5.74, 6) is 0. The van der Waals surface area contributed by atoms with Gasteiger partial charge in [0.1, 0.15) is 0 Å². The van der Waals surface area contributed by atoms with Gasteiger partial charge in [0, 0.05) is 13.2 Å². The first-order chi connectivity index (χ1) is 12.4. The van der Waals surface area contributed by atoms with Crippen molar-refractivity contribution in [2.45, 2.75) is 117 Å². The van der Waals surface area contributed by atoms with E-state index in [-0.39, 0.29) is 6.15 Å². The zero-order valence-corrected chi connectivity index (χ0v) is 18.8. The average molecular weight is 414 g/mol. The van der Waals surface area contributed by atoms with Crippen molar-refractivity contribution in [2.75, 3.05) is 13.2 Å². The van der Waals surface area contributed by atoms with Crippen LogP contribution in [0.3, 0.4) is 0 Å². The molecule has 0 bridgehead atoms. The zero-order chi connectivity index (χ0) is 19.9. The molecule has 0 aromatic carbocycles. The molecule has 0 unspecified atom stereocenters. The third-order valence-corrected chi connectivity index (χ3v) is 4.28. The summed E-state index contributed by atoms with van der Waals surface area (Å²) < 4.78 is 37.3. The lowest BCUT2D eigenvalue weighted by atomic mass is 10.1. The molecule has 0 aromatic rings. The van der Waals surface area contributed by atoms with Gasteiger partial charge >= 0.3 is 10.4 Å². The van der Waals surface area contributed by atoms with E-state index in [9.17, 15) is 0 Å². The van der Waals surface area contributed by atoms with Crippen LogP contribution in [0.5, 0.6) is 0 Å². The molecule has 0 spiro atoms. The number of rotatable bonds is 18. The van der Waals surface area contributed by atoms with E-state index in [1.54, 1.807) is 0 Å². The molecule has 0 atom stereocenters. The maximum Gasteiger partial charge on any atom is 0.394 e. The van der Waals surface area contributed by atoms with Crippen LogP contribution in [0, 0.1) is 0 Å². The molecule has 5 N–H and O–H groups in total. The van der Waals surface area contributed by atoms with E-state index in [0.29, 0.717) is 0 Å². The first-order valence-corrected chi connectivity index (χ1v) is 12.1. The summed E-state index contributed by atoms with van der Waals surface area (Å²) in [5, 5.41) is 0. The standard InChI is InChI=1S/C20H42O.H3N.H2O4S/c1-3-5-7-9-11-13-15-17-19-21-20-18-16-14-12-10-8-6-4-2;;1-5(2,3)4/h3-20H2,1-2H3;1H3;(H2,1,2,3,4). The molecule has 6 nitrogen and oxygen atoms in total. The molecule has 0 saturated carbocycles. The Balaban J connectivity index is -0.000000844. The molecule has 0 rings (SSSR count). The summed E-state index contributed by atoms with van der Waals surface area (Å²) in [5.41, 5.74) is 0. The van der Waals surface area contributed by atoms with Crippen molar-refractivity contribution in [1.29, 1.82) is 0 Å². The maximum atomic E-state index is 8.74. The molecule has 0 aliphatic heterocycles. The summed E-state index contributed by atoms with van der Waals surface area (Å²) >= 11 is 0. The average Bonchev–Trinajstić information content (AvgIpc) is 2.56. The van der Waals surface area contributed by atoms with Gasteiger partial charge in [-0.05, 0) is 12.8 Å². The second kappa shape index (κ2) is 25.8. The predicted octanol–water partition coefficient (Wildman–Crippen LogP) is 6.79. The normalized spacial score (nSPS) is 10.8. The number of unbranched alkanes of at least 4 members (excludes halogenated alkanes) is 14. The van der Waals surface area contributed by atoms with Crippen molar-refractivity contribution < 1.29 is 22.3 Å². The molecular weight excluding hydrogens is 366 g/mol. The highest BCUT2D eigenvalue weighted by molar-refractivity contribution is 7.79. The van der Waals surface area contributed by atoms with Gasteiger partial charge in [0.2, 0.25) is 0 Å². The van der Waals surface area contributed by atoms with E-state index in [2.05, 4.69) is 13.8 Å². The van der Waals surface area contributed by atoms with Gasteiger partial charge in [0.05, 0.1) is 0 Å². The van der Waals surface area contributed by atoms with Gasteiger partial charge in [-0.1, -0.05) is 104 Å². The minimum absolute atomic E-state index is 0. The number of ether oxygens (including phenoxy) is 1. The van der Waals surface area contributed by atoms with Crippen molar-refractivity contribution in [3.63, 3.8) is 0 Å². The fourth-order valence-corrected chi connectivity index (χ4v) is 2.78. The summed E-state index contributed by atoms with van der Waals surface area (Å²) in [7, 11) is -4.67. The molecule has 0 amide bonds. The van der Waals surface area contributed by atoms with Crippen LogP contribution in [0.4, 0.5) is 0 Å². The minimum atomic E-state index is -4.67. The van der Waals surface area contributed by atoms with Crippen molar-refractivity contribution in [2.24, 2.45) is 0 Å². The molecule has 0 saturated heterocycles. The predicted molar refractivity (Wildman–Crippen MR) is 115 cm³/mol. The third kappa shape index (κ3) is 46.1. The Bertz CT molecular complexity index is 324. The van der Waals surface area contributed by atoms with Crippen LogP contribution in [0.25, 0.3) is 0 Å². The third-order valence-electron chi connectivity index (χ3n) is 4.28. The van der Waals surface area contributed by atoms with E-state index in [0.717, 1.165) is 13.2 Å². The highest BCUT2D eigenvalue weighted by Gasteiger charge is 1.94. The van der Waals surface area contributed by atoms with E-state index >= 15 is 0 Å². The first kappa shape index (κ1) is 31.5. The van der Waals surface area contributed by atoms with E-state index in [4.69, 9.17) is 22.3 Å². The van der Waals surface area contributed by atoms with Gasteiger partial charge in [-0.2, -0.15) is 8.42 Å². The number of hydrogen-bond acceptors (Lipinski definition) is 4. The Kier molecular flexibility index (Phi) is 30.1. The molecule has 27 heavy (non-hydrogen) atoms. The Morgan fingerprint density at radius 3 is 1.04 bits per heavy atom. The molecule has 7 heteroatoms. The fraction of sp³-hybridized carbons (Fsp3) is 1.00. The Labute approximate surface area is 169 Å². The van der Waals surface area contributed by atoms with Crippen molar-refractivity contribution >= 4 is 10.4 Å². The summed E-state index contributed by atoms with van der Waals surface area (Å²) in [6.45, 7) is 6.55. The summed E-state index contributed by atoms with van der Waals surface area (Å²) in [6, 6.07) is 0. The van der Waals surface area contributed by atoms with Crippen LogP contribution >= 0.6 is 0 Å². The molecular formula is C20H47NO5S. The topological polar surface area (TPSA) is 119 Å². The lowest BCUT2D eigenvalue weighted by Crippen LogP contribution is -1.97. The van der Waals surface area contributed by atoms with Gasteiger partial charge in [0.15, 0.2) is 0 Å². The zero-order valence-electron chi connectivity index (χ0n) is 18.0. The molecule has 168 valence electrons. The van der Waals surface area contributed by atoms with Gasteiger partial charge in [-0.3, -0.25) is 9.11 Å². The SMILES string of the molecule is CCCCCCCCCCOCCCCCCCCCC.N.O=S(=O)(O)O. The fourth-order valence-electron chi connectivity index (χ4n) is 2.78. The Morgan fingerprint density at radius 1 is 0.556 bits per heavy atom. The van der Waals surface area contributed by atoms with Gasteiger partial charge < -0.3 is 10.9 Å². The van der Waals surface area contributed by atoms with Crippen LogP contribution in [-0.2, 0) is 15.1 Å². The van der Waals surface area contributed by atoms with Gasteiger partial charge in [-0.15, -0.1) is 0 Å². The van der Waals surface area contributed by atoms with Crippen molar-refractivity contribution in [3.8, 4) is 0 Å². The molecule has 0 aromatic heterocycles. The quantitative estimate of drug-likeness (QED) is 0.168. The number of hydrogen-bond donors (Lipinski definition) is 3. The van der Waals surface area contributed by atoms with Crippen LogP contribution in [-0.4, -0.2) is 30.7 Å².